The van der Waals surface area contributed by atoms with Gasteiger partial charge < -0.3 is 5.32 Å². The van der Waals surface area contributed by atoms with E-state index in [2.05, 4.69) is 31.3 Å². The molecular formula is C27H38N2O2. The second-order valence-electron chi connectivity index (χ2n) is 12.0. The van der Waals surface area contributed by atoms with Crippen molar-refractivity contribution in [1.82, 2.24) is 5.32 Å². The molecule has 0 spiro atoms. The number of allylic oxidation sites excluding steroid dienone is 1. The second kappa shape index (κ2) is 7.46. The number of nitrogens with one attached hydrogen (secondary N) is 1. The molecule has 5 aliphatic carbocycles. The summed E-state index contributed by atoms with van der Waals surface area (Å²) in [7, 11) is 0. The van der Waals surface area contributed by atoms with Crippen LogP contribution in [0.4, 0.5) is 0 Å². The lowest BCUT2D eigenvalue weighted by atomic mass is 9.46. The Bertz CT molecular complexity index is 848. The number of hydrogen-bond donors (Lipinski definition) is 1. The zero-order valence-corrected chi connectivity index (χ0v) is 19.3. The van der Waals surface area contributed by atoms with Crippen molar-refractivity contribution in [3.8, 4) is 6.07 Å². The first-order valence-corrected chi connectivity index (χ1v) is 12.8. The van der Waals surface area contributed by atoms with Gasteiger partial charge in [0.15, 0.2) is 5.78 Å². The number of rotatable bonds is 2. The Kier molecular flexibility index (Phi) is 5.11. The van der Waals surface area contributed by atoms with Crippen LogP contribution in [0.3, 0.4) is 0 Å². The van der Waals surface area contributed by atoms with Crippen LogP contribution in [-0.4, -0.2) is 17.2 Å². The molecule has 5 aliphatic rings. The molecule has 0 bridgehead atoms. The van der Waals surface area contributed by atoms with Crippen LogP contribution in [0.15, 0.2) is 11.6 Å². The minimum absolute atomic E-state index is 0.0103. The molecule has 4 nitrogen and oxygen atoms in total. The molecule has 1 N–H and O–H groups in total. The van der Waals surface area contributed by atoms with E-state index in [1.807, 2.05) is 0 Å². The maximum Gasteiger partial charge on any atom is 0.255 e. The SMILES string of the molecule is C[C@@]12CCC[C@H]1[C@@H]1CCC3CC(=O)C(C(=O)NC4(C#N)CCCCC4)=C[C@]3(C)[C@@H]1CC2. The number of fused-ring (bicyclic) bond motifs is 5. The van der Waals surface area contributed by atoms with E-state index in [0.29, 0.717) is 42.1 Å². The van der Waals surface area contributed by atoms with Gasteiger partial charge >= 0.3 is 0 Å². The third kappa shape index (κ3) is 3.30. The number of hydrogen-bond acceptors (Lipinski definition) is 3. The van der Waals surface area contributed by atoms with Gasteiger partial charge in [-0.15, -0.1) is 0 Å². The number of ketones is 1. The second-order valence-corrected chi connectivity index (χ2v) is 12.0. The minimum atomic E-state index is -0.792. The summed E-state index contributed by atoms with van der Waals surface area (Å²) in [4.78, 5) is 26.3. The quantitative estimate of drug-likeness (QED) is 0.599. The number of Topliss-reactive ketones (excluding diaryl/α,β-unsaturated/α-hetero) is 1. The third-order valence-corrected chi connectivity index (χ3v) is 10.5. The van der Waals surface area contributed by atoms with Gasteiger partial charge in [-0.05, 0) is 85.9 Å². The van der Waals surface area contributed by atoms with E-state index >= 15 is 0 Å². The van der Waals surface area contributed by atoms with Crippen molar-refractivity contribution in [2.45, 2.75) is 103 Å². The summed E-state index contributed by atoms with van der Waals surface area (Å²) in [6.45, 7) is 4.85. The largest absolute Gasteiger partial charge is 0.334 e. The van der Waals surface area contributed by atoms with Gasteiger partial charge in [-0.3, -0.25) is 9.59 Å². The number of nitrogens with zero attached hydrogens (tertiary/aromatic N) is 1. The molecule has 1 amide bonds. The van der Waals surface area contributed by atoms with Crippen molar-refractivity contribution in [2.75, 3.05) is 0 Å². The Hall–Kier alpha value is -1.63. The van der Waals surface area contributed by atoms with Gasteiger partial charge in [0.2, 0.25) is 0 Å². The summed E-state index contributed by atoms with van der Waals surface area (Å²) in [6, 6.07) is 2.37. The maximum atomic E-state index is 13.3. The summed E-state index contributed by atoms with van der Waals surface area (Å²) >= 11 is 0. The van der Waals surface area contributed by atoms with Crippen molar-refractivity contribution in [2.24, 2.45) is 34.5 Å². The van der Waals surface area contributed by atoms with Crippen LogP contribution in [0.5, 0.6) is 0 Å². The Labute approximate surface area is 187 Å². The molecule has 0 radical (unpaired) electrons. The molecule has 0 aromatic rings. The van der Waals surface area contributed by atoms with E-state index in [1.165, 1.54) is 38.5 Å². The molecule has 5 rings (SSSR count). The van der Waals surface area contributed by atoms with Gasteiger partial charge in [0, 0.05) is 6.42 Å². The normalized spacial score (nSPS) is 43.6. The summed E-state index contributed by atoms with van der Waals surface area (Å²) < 4.78 is 0. The molecule has 0 aliphatic heterocycles. The number of amides is 1. The highest BCUT2D eigenvalue weighted by Crippen LogP contribution is 2.65. The molecular weight excluding hydrogens is 384 g/mol. The maximum absolute atomic E-state index is 13.3. The first kappa shape index (κ1) is 21.2. The zero-order valence-electron chi connectivity index (χ0n) is 19.3. The Morgan fingerprint density at radius 1 is 1.00 bits per heavy atom. The van der Waals surface area contributed by atoms with E-state index in [4.69, 9.17) is 0 Å². The minimum Gasteiger partial charge on any atom is -0.334 e. The van der Waals surface area contributed by atoms with Gasteiger partial charge in [0.05, 0.1) is 11.6 Å². The molecule has 6 atom stereocenters. The fourth-order valence-electron chi connectivity index (χ4n) is 8.63. The molecule has 4 fully saturated rings. The lowest BCUT2D eigenvalue weighted by Crippen LogP contribution is -2.54. The monoisotopic (exact) mass is 422 g/mol. The van der Waals surface area contributed by atoms with Crippen molar-refractivity contribution in [1.29, 1.82) is 5.26 Å². The van der Waals surface area contributed by atoms with Crippen LogP contribution in [-0.2, 0) is 9.59 Å². The fourth-order valence-corrected chi connectivity index (χ4v) is 8.63. The summed E-state index contributed by atoms with van der Waals surface area (Å²) in [5.74, 6) is 2.19. The number of carbonyl (C=O) groups is 2. The van der Waals surface area contributed by atoms with Crippen LogP contribution in [0.2, 0.25) is 0 Å². The van der Waals surface area contributed by atoms with Crippen LogP contribution in [0.25, 0.3) is 0 Å². The predicted molar refractivity (Wildman–Crippen MR) is 120 cm³/mol. The van der Waals surface area contributed by atoms with Gasteiger partial charge in [-0.2, -0.15) is 5.26 Å². The van der Waals surface area contributed by atoms with Gasteiger partial charge in [0.25, 0.3) is 5.91 Å². The van der Waals surface area contributed by atoms with Crippen molar-refractivity contribution in [3.05, 3.63) is 11.6 Å². The van der Waals surface area contributed by atoms with Crippen molar-refractivity contribution >= 4 is 11.7 Å². The van der Waals surface area contributed by atoms with E-state index in [0.717, 1.165) is 37.5 Å². The third-order valence-electron chi connectivity index (χ3n) is 10.5. The molecule has 4 heteroatoms. The van der Waals surface area contributed by atoms with Crippen LogP contribution < -0.4 is 5.32 Å². The summed E-state index contributed by atoms with van der Waals surface area (Å²) in [5.41, 5.74) is -0.00206. The molecule has 0 saturated heterocycles. The predicted octanol–water partition coefficient (Wildman–Crippen LogP) is 5.48. The van der Waals surface area contributed by atoms with Crippen LogP contribution in [0, 0.1) is 45.8 Å². The average Bonchev–Trinajstić information content (AvgIpc) is 3.16. The molecule has 31 heavy (non-hydrogen) atoms. The van der Waals surface area contributed by atoms with E-state index < -0.39 is 5.54 Å². The van der Waals surface area contributed by atoms with Gasteiger partial charge in [-0.1, -0.05) is 45.6 Å². The molecule has 0 heterocycles. The highest BCUT2D eigenvalue weighted by atomic mass is 16.2. The highest BCUT2D eigenvalue weighted by Gasteiger charge is 2.58. The molecule has 0 aromatic carbocycles. The Morgan fingerprint density at radius 2 is 1.77 bits per heavy atom. The number of carbonyl (C=O) groups excluding carboxylic acids is 2. The van der Waals surface area contributed by atoms with Gasteiger partial charge in [0.1, 0.15) is 5.54 Å². The Morgan fingerprint density at radius 3 is 2.52 bits per heavy atom. The van der Waals surface area contributed by atoms with E-state index in [1.54, 1.807) is 0 Å². The Balaban J connectivity index is 1.43. The van der Waals surface area contributed by atoms with Crippen molar-refractivity contribution in [3.63, 3.8) is 0 Å². The molecule has 0 aromatic heterocycles. The lowest BCUT2D eigenvalue weighted by molar-refractivity contribution is -0.128. The molecule has 168 valence electrons. The van der Waals surface area contributed by atoms with E-state index in [9.17, 15) is 14.9 Å². The van der Waals surface area contributed by atoms with Gasteiger partial charge in [-0.25, -0.2) is 0 Å². The summed E-state index contributed by atoms with van der Waals surface area (Å²) in [6.07, 6.45) is 16.0. The average molecular weight is 423 g/mol. The molecule has 1 unspecified atom stereocenters. The highest BCUT2D eigenvalue weighted by molar-refractivity contribution is 6.20. The number of nitriles is 1. The molecule has 4 saturated carbocycles. The van der Waals surface area contributed by atoms with Crippen molar-refractivity contribution < 1.29 is 9.59 Å². The smallest absolute Gasteiger partial charge is 0.255 e. The fraction of sp³-hybridized carbons (Fsp3) is 0.815. The van der Waals surface area contributed by atoms with Crippen LogP contribution >= 0.6 is 0 Å². The summed E-state index contributed by atoms with van der Waals surface area (Å²) in [5, 5.41) is 12.8. The first-order valence-electron chi connectivity index (χ1n) is 12.8. The topological polar surface area (TPSA) is 70.0 Å². The zero-order chi connectivity index (χ0) is 21.9. The lowest BCUT2D eigenvalue weighted by Gasteiger charge is -2.58. The first-order chi connectivity index (χ1) is 14.8. The van der Waals surface area contributed by atoms with E-state index in [-0.39, 0.29) is 17.1 Å². The standard InChI is InChI=1S/C27H38N2O2/c1-25-11-6-7-21(25)19-9-8-18-15-23(30)20(16-26(18,2)22(19)10-14-25)24(31)29-27(17-28)12-4-3-5-13-27/h16,18-19,21-22H,3-15H2,1-2H3,(H,29,31)/t18?,19-,21-,22+,25-,26-/m0/s1. The van der Waals surface area contributed by atoms with Crippen LogP contribution in [0.1, 0.15) is 97.3 Å².